The molecule has 134 valence electrons. The van der Waals surface area contributed by atoms with Crippen LogP contribution in [0.3, 0.4) is 0 Å². The van der Waals surface area contributed by atoms with Gasteiger partial charge in [-0.3, -0.25) is 4.79 Å². The van der Waals surface area contributed by atoms with Crippen molar-refractivity contribution in [2.45, 2.75) is 23.6 Å². The number of fused-ring (bicyclic) bond motifs is 2. The van der Waals surface area contributed by atoms with Gasteiger partial charge in [0.2, 0.25) is 0 Å². The summed E-state index contributed by atoms with van der Waals surface area (Å²) in [4.78, 5) is 14.6. The molecule has 27 heavy (non-hydrogen) atoms. The SMILES string of the molecule is C/C(=N/NC(=O)c1ccc(C)cc1)c1ccc2c(c1)Nc1ccccc1S2. The topological polar surface area (TPSA) is 53.5 Å². The fourth-order valence-corrected chi connectivity index (χ4v) is 3.80. The molecule has 0 saturated heterocycles. The van der Waals surface area contributed by atoms with Crippen molar-refractivity contribution in [1.82, 2.24) is 5.43 Å². The predicted molar refractivity (Wildman–Crippen MR) is 111 cm³/mol. The number of hydrazone groups is 1. The van der Waals surface area contributed by atoms with Crippen LogP contribution in [-0.4, -0.2) is 11.6 Å². The molecular weight excluding hydrogens is 354 g/mol. The highest BCUT2D eigenvalue weighted by Crippen LogP contribution is 2.44. The zero-order chi connectivity index (χ0) is 18.8. The van der Waals surface area contributed by atoms with Crippen molar-refractivity contribution in [3.63, 3.8) is 0 Å². The number of rotatable bonds is 3. The standard InChI is InChI=1S/C22H19N3OS/c1-14-7-9-16(10-8-14)22(26)25-24-15(2)17-11-12-21-19(13-17)23-18-5-3-4-6-20(18)27-21/h3-13,23H,1-2H3,(H,25,26)/b24-15-. The monoisotopic (exact) mass is 373 g/mol. The Labute approximate surface area is 162 Å². The number of hydrogen-bond donors (Lipinski definition) is 2. The summed E-state index contributed by atoms with van der Waals surface area (Å²) in [6.07, 6.45) is 0. The van der Waals surface area contributed by atoms with Gasteiger partial charge in [-0.05, 0) is 55.8 Å². The molecule has 4 nitrogen and oxygen atoms in total. The second-order valence-corrected chi connectivity index (χ2v) is 7.52. The zero-order valence-electron chi connectivity index (χ0n) is 15.1. The normalized spacial score (nSPS) is 12.6. The molecule has 5 heteroatoms. The molecule has 1 heterocycles. The van der Waals surface area contributed by atoms with Gasteiger partial charge in [0.05, 0.1) is 17.1 Å². The third-order valence-corrected chi connectivity index (χ3v) is 5.56. The fraction of sp³-hybridized carbons (Fsp3) is 0.0909. The summed E-state index contributed by atoms with van der Waals surface area (Å²) < 4.78 is 0. The van der Waals surface area contributed by atoms with Gasteiger partial charge in [-0.1, -0.05) is 47.7 Å². The largest absolute Gasteiger partial charge is 0.354 e. The lowest BCUT2D eigenvalue weighted by molar-refractivity contribution is 0.0955. The highest BCUT2D eigenvalue weighted by atomic mass is 32.2. The minimum absolute atomic E-state index is 0.213. The molecule has 0 unspecified atom stereocenters. The Morgan fingerprint density at radius 3 is 2.44 bits per heavy atom. The number of hydrogen-bond acceptors (Lipinski definition) is 4. The quantitative estimate of drug-likeness (QED) is 0.376. The van der Waals surface area contributed by atoms with E-state index in [1.54, 1.807) is 23.9 Å². The van der Waals surface area contributed by atoms with Gasteiger partial charge in [-0.25, -0.2) is 5.43 Å². The van der Waals surface area contributed by atoms with Gasteiger partial charge in [0.1, 0.15) is 0 Å². The molecule has 0 atom stereocenters. The lowest BCUT2D eigenvalue weighted by Gasteiger charge is -2.21. The minimum Gasteiger partial charge on any atom is -0.354 e. The van der Waals surface area contributed by atoms with Crippen molar-refractivity contribution in [2.75, 3.05) is 5.32 Å². The maximum absolute atomic E-state index is 12.2. The summed E-state index contributed by atoms with van der Waals surface area (Å²) in [7, 11) is 0. The van der Waals surface area contributed by atoms with Crippen molar-refractivity contribution in [3.8, 4) is 0 Å². The fourth-order valence-electron chi connectivity index (χ4n) is 2.83. The molecule has 4 rings (SSSR count). The summed E-state index contributed by atoms with van der Waals surface area (Å²) >= 11 is 1.75. The molecule has 3 aromatic carbocycles. The van der Waals surface area contributed by atoms with Crippen LogP contribution in [0.4, 0.5) is 11.4 Å². The highest BCUT2D eigenvalue weighted by molar-refractivity contribution is 7.99. The van der Waals surface area contributed by atoms with E-state index in [1.165, 1.54) is 9.79 Å². The van der Waals surface area contributed by atoms with Crippen LogP contribution in [-0.2, 0) is 0 Å². The Kier molecular flexibility index (Phi) is 4.69. The maximum Gasteiger partial charge on any atom is 0.271 e. The van der Waals surface area contributed by atoms with Gasteiger partial charge in [0.15, 0.2) is 0 Å². The molecule has 0 radical (unpaired) electrons. The lowest BCUT2D eigenvalue weighted by atomic mass is 10.1. The van der Waals surface area contributed by atoms with E-state index in [9.17, 15) is 4.79 Å². The molecule has 0 fully saturated rings. The zero-order valence-corrected chi connectivity index (χ0v) is 15.9. The second-order valence-electron chi connectivity index (χ2n) is 6.44. The molecule has 0 aliphatic carbocycles. The van der Waals surface area contributed by atoms with Crippen LogP contribution in [0.15, 0.2) is 81.6 Å². The minimum atomic E-state index is -0.213. The van der Waals surface area contributed by atoms with E-state index in [-0.39, 0.29) is 5.91 Å². The van der Waals surface area contributed by atoms with E-state index in [4.69, 9.17) is 0 Å². The van der Waals surface area contributed by atoms with Crippen LogP contribution in [0.25, 0.3) is 0 Å². The number of amides is 1. The number of aryl methyl sites for hydroxylation is 1. The molecule has 2 N–H and O–H groups in total. The van der Waals surface area contributed by atoms with E-state index >= 15 is 0 Å². The average molecular weight is 373 g/mol. The first-order valence-electron chi connectivity index (χ1n) is 8.70. The van der Waals surface area contributed by atoms with Gasteiger partial charge >= 0.3 is 0 Å². The number of nitrogens with zero attached hydrogens (tertiary/aromatic N) is 1. The van der Waals surface area contributed by atoms with E-state index in [2.05, 4.69) is 40.1 Å². The second kappa shape index (κ2) is 7.29. The van der Waals surface area contributed by atoms with E-state index in [0.717, 1.165) is 28.2 Å². The van der Waals surface area contributed by atoms with Gasteiger partial charge in [-0.15, -0.1) is 0 Å². The molecule has 1 amide bonds. The molecule has 3 aromatic rings. The van der Waals surface area contributed by atoms with Crippen LogP contribution in [0, 0.1) is 6.92 Å². The lowest BCUT2D eigenvalue weighted by Crippen LogP contribution is -2.19. The van der Waals surface area contributed by atoms with Gasteiger partial charge in [0, 0.05) is 15.4 Å². The van der Waals surface area contributed by atoms with Gasteiger partial charge in [-0.2, -0.15) is 5.10 Å². The van der Waals surface area contributed by atoms with Gasteiger partial charge in [0.25, 0.3) is 5.91 Å². The summed E-state index contributed by atoms with van der Waals surface area (Å²) in [5.41, 5.74) is 8.22. The third kappa shape index (κ3) is 3.73. The Bertz CT molecular complexity index is 1040. The van der Waals surface area contributed by atoms with E-state index in [0.29, 0.717) is 5.56 Å². The van der Waals surface area contributed by atoms with Crippen LogP contribution < -0.4 is 10.7 Å². The number of nitrogens with one attached hydrogen (secondary N) is 2. The average Bonchev–Trinajstić information content (AvgIpc) is 2.70. The first-order chi connectivity index (χ1) is 13.1. The molecule has 0 saturated carbocycles. The summed E-state index contributed by atoms with van der Waals surface area (Å²) in [5.74, 6) is -0.213. The van der Waals surface area contributed by atoms with Crippen molar-refractivity contribution in [3.05, 3.63) is 83.4 Å². The van der Waals surface area contributed by atoms with Gasteiger partial charge < -0.3 is 5.32 Å². The van der Waals surface area contributed by atoms with Crippen molar-refractivity contribution in [2.24, 2.45) is 5.10 Å². The highest BCUT2D eigenvalue weighted by Gasteiger charge is 2.16. The molecule has 0 spiro atoms. The van der Waals surface area contributed by atoms with Crippen molar-refractivity contribution in [1.29, 1.82) is 0 Å². The summed E-state index contributed by atoms with van der Waals surface area (Å²) in [6, 6.07) is 21.8. The first-order valence-corrected chi connectivity index (χ1v) is 9.51. The summed E-state index contributed by atoms with van der Waals surface area (Å²) in [5, 5.41) is 7.74. The third-order valence-electron chi connectivity index (χ3n) is 4.41. The maximum atomic E-state index is 12.2. The summed E-state index contributed by atoms with van der Waals surface area (Å²) in [6.45, 7) is 3.88. The van der Waals surface area contributed by atoms with E-state index < -0.39 is 0 Å². The molecular formula is C22H19N3OS. The van der Waals surface area contributed by atoms with Crippen LogP contribution in [0.1, 0.15) is 28.4 Å². The number of benzene rings is 3. The first kappa shape index (κ1) is 17.4. The Morgan fingerprint density at radius 2 is 1.63 bits per heavy atom. The van der Waals surface area contributed by atoms with Crippen LogP contribution >= 0.6 is 11.8 Å². The number of anilines is 2. The predicted octanol–water partition coefficient (Wildman–Crippen LogP) is 5.36. The Morgan fingerprint density at radius 1 is 0.926 bits per heavy atom. The number of carbonyl (C=O) groups is 1. The number of para-hydroxylation sites is 1. The Hall–Kier alpha value is -3.05. The molecule has 0 aromatic heterocycles. The van der Waals surface area contributed by atoms with Crippen molar-refractivity contribution < 1.29 is 4.79 Å². The smallest absolute Gasteiger partial charge is 0.271 e. The van der Waals surface area contributed by atoms with Crippen LogP contribution in [0.5, 0.6) is 0 Å². The van der Waals surface area contributed by atoms with E-state index in [1.807, 2.05) is 44.2 Å². The molecule has 0 bridgehead atoms. The molecule has 1 aliphatic heterocycles. The van der Waals surface area contributed by atoms with Crippen LogP contribution in [0.2, 0.25) is 0 Å². The number of carbonyl (C=O) groups excluding carboxylic acids is 1. The van der Waals surface area contributed by atoms with Crippen molar-refractivity contribution >= 4 is 34.8 Å². The molecule has 1 aliphatic rings. The Balaban J connectivity index is 1.51.